The Balaban J connectivity index is 1.51. The minimum atomic E-state index is -1.90. The molecule has 40 heavy (non-hydrogen) atoms. The van der Waals surface area contributed by atoms with E-state index in [1.807, 2.05) is 6.08 Å². The van der Waals surface area contributed by atoms with E-state index in [-0.39, 0.29) is 37.9 Å². The van der Waals surface area contributed by atoms with Crippen LogP contribution in [0.3, 0.4) is 0 Å². The minimum Gasteiger partial charge on any atom is -0.491 e. The number of fused-ring (bicyclic) bond motifs is 4. The Labute approximate surface area is 249 Å². The topological polar surface area (TPSA) is 104 Å². The van der Waals surface area contributed by atoms with E-state index in [9.17, 15) is 24.3 Å². The van der Waals surface area contributed by atoms with Gasteiger partial charge in [0, 0.05) is 23.0 Å². The number of carbonyl (C=O) groups is 4. The molecule has 2 aliphatic heterocycles. The fourth-order valence-corrected chi connectivity index (χ4v) is 8.22. The summed E-state index contributed by atoms with van der Waals surface area (Å²) in [7, 11) is 1.35. The fraction of sp³-hybridized carbons (Fsp3) is 0.379. The number of hydrogen-bond donors (Lipinski definition) is 1. The van der Waals surface area contributed by atoms with Crippen molar-refractivity contribution < 1.29 is 29.0 Å². The van der Waals surface area contributed by atoms with Gasteiger partial charge in [0.05, 0.1) is 24.1 Å². The summed E-state index contributed by atoms with van der Waals surface area (Å²) in [6.07, 6.45) is 2.07. The van der Waals surface area contributed by atoms with Crippen molar-refractivity contribution in [1.29, 1.82) is 0 Å². The number of ether oxygens (including phenoxy) is 1. The Morgan fingerprint density at radius 1 is 1.00 bits per heavy atom. The maximum Gasteiger partial charge on any atom is 0.253 e. The predicted octanol–water partition coefficient (Wildman–Crippen LogP) is 4.01. The number of likely N-dealkylation sites (tertiary alicyclic amines) is 1. The molecule has 8 nitrogen and oxygen atoms in total. The molecule has 0 aromatic heterocycles. The highest BCUT2D eigenvalue weighted by Crippen LogP contribution is 2.66. The number of alkyl halides is 2. The van der Waals surface area contributed by atoms with Gasteiger partial charge >= 0.3 is 0 Å². The van der Waals surface area contributed by atoms with E-state index in [0.717, 1.165) is 9.37 Å². The lowest BCUT2D eigenvalue weighted by atomic mass is 9.56. The first-order chi connectivity index (χ1) is 19.1. The van der Waals surface area contributed by atoms with Crippen LogP contribution in [-0.4, -0.2) is 63.6 Å². The van der Waals surface area contributed by atoms with Crippen LogP contribution in [-0.2, 0) is 19.2 Å². The van der Waals surface area contributed by atoms with Crippen LogP contribution in [0.2, 0.25) is 0 Å². The van der Waals surface area contributed by atoms with Crippen molar-refractivity contribution >= 4 is 68.4 Å². The quantitative estimate of drug-likeness (QED) is 0.299. The second-order valence-corrected chi connectivity index (χ2v) is 12.8. The molecular weight excluding hydrogens is 623 g/mol. The highest BCUT2D eigenvalue weighted by atomic mass is 79.9. The van der Waals surface area contributed by atoms with Crippen LogP contribution in [0, 0.1) is 17.8 Å². The van der Waals surface area contributed by atoms with Crippen LogP contribution in [0.1, 0.15) is 24.3 Å². The predicted molar refractivity (Wildman–Crippen MR) is 151 cm³/mol. The third kappa shape index (κ3) is 3.60. The van der Waals surface area contributed by atoms with Crippen molar-refractivity contribution in [3.05, 3.63) is 70.2 Å². The van der Waals surface area contributed by atoms with Gasteiger partial charge in [-0.1, -0.05) is 45.8 Å². The fourth-order valence-electron chi connectivity index (χ4n) is 6.94. The highest BCUT2D eigenvalue weighted by Gasteiger charge is 2.76. The molecule has 3 fully saturated rings. The minimum absolute atomic E-state index is 0.000129. The largest absolute Gasteiger partial charge is 0.491 e. The van der Waals surface area contributed by atoms with E-state index in [1.54, 1.807) is 48.5 Å². The van der Waals surface area contributed by atoms with Gasteiger partial charge in [-0.2, -0.15) is 0 Å². The van der Waals surface area contributed by atoms with Gasteiger partial charge in [-0.15, -0.1) is 23.2 Å². The average Bonchev–Trinajstić information content (AvgIpc) is 3.27. The molecule has 11 heteroatoms. The van der Waals surface area contributed by atoms with E-state index in [4.69, 9.17) is 27.9 Å². The Bertz CT molecular complexity index is 1480. The summed E-state index contributed by atoms with van der Waals surface area (Å²) < 4.78 is 6.63. The van der Waals surface area contributed by atoms with Crippen molar-refractivity contribution in [3.8, 4) is 5.75 Å². The van der Waals surface area contributed by atoms with Crippen molar-refractivity contribution in [3.63, 3.8) is 0 Å². The normalized spacial score (nSPS) is 33.1. The summed E-state index contributed by atoms with van der Waals surface area (Å²) in [5, 5.41) is 9.39. The molecule has 6 rings (SSSR count). The summed E-state index contributed by atoms with van der Waals surface area (Å²) in [5.74, 6) is -4.55. The number of aliphatic hydroxyl groups excluding tert-OH is 1. The Morgan fingerprint density at radius 2 is 1.70 bits per heavy atom. The number of carbonyl (C=O) groups excluding carboxylic acids is 4. The SMILES string of the molecule is CN1C(=O)[C@]2(Cl)C[C@@H]3C(=CC[C@@H]4C(=O)N(c5ccc(Br)cc5)C(=O)[C@@H]43)[C@H](c3ccccc3OCCO)[C@]2(Cl)C1=O. The van der Waals surface area contributed by atoms with Gasteiger partial charge in [0.25, 0.3) is 11.8 Å². The second kappa shape index (κ2) is 9.69. The van der Waals surface area contributed by atoms with Gasteiger partial charge in [0.1, 0.15) is 12.4 Å². The highest BCUT2D eigenvalue weighted by molar-refractivity contribution is 9.10. The van der Waals surface area contributed by atoms with Crippen LogP contribution < -0.4 is 9.64 Å². The van der Waals surface area contributed by atoms with Crippen molar-refractivity contribution in [2.24, 2.45) is 17.8 Å². The molecule has 4 aliphatic rings. The van der Waals surface area contributed by atoms with E-state index in [2.05, 4.69) is 15.9 Å². The number of rotatable bonds is 5. The lowest BCUT2D eigenvalue weighted by Gasteiger charge is -2.51. The van der Waals surface area contributed by atoms with Crippen LogP contribution in [0.4, 0.5) is 5.69 Å². The zero-order chi connectivity index (χ0) is 28.6. The first-order valence-electron chi connectivity index (χ1n) is 12.9. The van der Waals surface area contributed by atoms with Crippen molar-refractivity contribution in [2.45, 2.75) is 28.5 Å². The van der Waals surface area contributed by atoms with Crippen molar-refractivity contribution in [2.75, 3.05) is 25.2 Å². The molecule has 2 saturated heterocycles. The number of imide groups is 2. The van der Waals surface area contributed by atoms with Gasteiger partial charge in [-0.3, -0.25) is 29.0 Å². The summed E-state index contributed by atoms with van der Waals surface area (Å²) in [4.78, 5) is 53.3. The smallest absolute Gasteiger partial charge is 0.253 e. The molecular formula is C29H25BrCl2N2O6. The van der Waals surface area contributed by atoms with E-state index < -0.39 is 45.2 Å². The van der Waals surface area contributed by atoms with Gasteiger partial charge in [-0.25, -0.2) is 0 Å². The number of allylic oxidation sites excluding steroid dienone is 2. The van der Waals surface area contributed by atoms with Gasteiger partial charge in [-0.05, 0) is 49.1 Å². The summed E-state index contributed by atoms with van der Waals surface area (Å²) in [6, 6.07) is 13.9. The molecule has 0 bridgehead atoms. The van der Waals surface area contributed by atoms with Crippen molar-refractivity contribution in [1.82, 2.24) is 4.90 Å². The molecule has 6 atom stereocenters. The molecule has 1 saturated carbocycles. The number of anilines is 1. The molecule has 2 aliphatic carbocycles. The third-order valence-corrected chi connectivity index (χ3v) is 10.6. The number of hydrogen-bond acceptors (Lipinski definition) is 6. The second-order valence-electron chi connectivity index (χ2n) is 10.6. The number of halogens is 3. The molecule has 1 N–H and O–H groups in total. The van der Waals surface area contributed by atoms with E-state index in [0.29, 0.717) is 22.6 Å². The molecule has 2 aromatic carbocycles. The zero-order valence-corrected chi connectivity index (χ0v) is 24.4. The molecule has 208 valence electrons. The van der Waals surface area contributed by atoms with Crippen LogP contribution in [0.15, 0.2) is 64.7 Å². The number of aliphatic hydroxyl groups is 1. The number of benzene rings is 2. The Kier molecular flexibility index (Phi) is 6.65. The first kappa shape index (κ1) is 27.4. The summed E-state index contributed by atoms with van der Waals surface area (Å²) >= 11 is 17.8. The standard InChI is InChI=1S/C29H25BrCl2N2O6/c1-33-26(38)28(31)14-20-17(23(29(28,32)27(33)39)18-4-2-3-5-21(18)40-13-12-35)10-11-19-22(20)25(37)34(24(19)36)16-8-6-15(30)7-9-16/h2-10,19-20,22-23,35H,11-14H2,1H3/t19-,20+,22-,23+,28+,29-/m0/s1. The summed E-state index contributed by atoms with van der Waals surface area (Å²) in [6.45, 7) is -0.234. The van der Waals surface area contributed by atoms with Crippen LogP contribution in [0.25, 0.3) is 0 Å². The number of nitrogens with zero attached hydrogens (tertiary/aromatic N) is 2. The number of para-hydroxylation sites is 1. The molecule has 2 heterocycles. The van der Waals surface area contributed by atoms with E-state index >= 15 is 0 Å². The lowest BCUT2D eigenvalue weighted by molar-refractivity contribution is -0.138. The van der Waals surface area contributed by atoms with Crippen LogP contribution in [0.5, 0.6) is 5.75 Å². The van der Waals surface area contributed by atoms with Gasteiger partial charge in [0.15, 0.2) is 9.75 Å². The Morgan fingerprint density at radius 3 is 2.40 bits per heavy atom. The molecule has 0 unspecified atom stereocenters. The molecule has 0 spiro atoms. The van der Waals surface area contributed by atoms with Gasteiger partial charge in [0.2, 0.25) is 11.8 Å². The maximum absolute atomic E-state index is 14.0. The lowest BCUT2D eigenvalue weighted by Crippen LogP contribution is -2.60. The maximum atomic E-state index is 14.0. The molecule has 4 amide bonds. The third-order valence-electron chi connectivity index (χ3n) is 8.68. The summed E-state index contributed by atoms with van der Waals surface area (Å²) in [5.41, 5.74) is 1.66. The Hall–Kier alpha value is -2.72. The number of amides is 4. The van der Waals surface area contributed by atoms with E-state index in [1.165, 1.54) is 11.9 Å². The van der Waals surface area contributed by atoms with Crippen LogP contribution >= 0.6 is 39.1 Å². The molecule has 2 aromatic rings. The molecule has 0 radical (unpaired) electrons. The zero-order valence-electron chi connectivity index (χ0n) is 21.4. The first-order valence-corrected chi connectivity index (χ1v) is 14.5. The monoisotopic (exact) mass is 646 g/mol. The average molecular weight is 648 g/mol. The van der Waals surface area contributed by atoms with Gasteiger partial charge < -0.3 is 9.84 Å².